The van der Waals surface area contributed by atoms with E-state index >= 15 is 0 Å². The van der Waals surface area contributed by atoms with E-state index in [0.717, 1.165) is 24.8 Å². The van der Waals surface area contributed by atoms with E-state index in [1.807, 2.05) is 6.92 Å². The molecule has 0 bridgehead atoms. The van der Waals surface area contributed by atoms with Crippen molar-refractivity contribution in [1.29, 1.82) is 5.26 Å². The van der Waals surface area contributed by atoms with Crippen LogP contribution in [0.5, 0.6) is 5.88 Å². The van der Waals surface area contributed by atoms with Crippen LogP contribution in [0.3, 0.4) is 0 Å². The highest BCUT2D eigenvalue weighted by Crippen LogP contribution is 2.38. The molecule has 3 rings (SSSR count). The normalized spacial score (nSPS) is 12.5. The van der Waals surface area contributed by atoms with Gasteiger partial charge in [0.15, 0.2) is 0 Å². The van der Waals surface area contributed by atoms with E-state index in [4.69, 9.17) is 4.74 Å². The first-order valence-electron chi connectivity index (χ1n) is 7.18. The predicted molar refractivity (Wildman–Crippen MR) is 84.4 cm³/mol. The van der Waals surface area contributed by atoms with E-state index < -0.39 is 0 Å². The van der Waals surface area contributed by atoms with Crippen LogP contribution in [0.15, 0.2) is 18.3 Å². The number of hydrogen-bond acceptors (Lipinski definition) is 5. The molecule has 0 aromatic carbocycles. The van der Waals surface area contributed by atoms with Crippen molar-refractivity contribution < 1.29 is 9.53 Å². The average Bonchev–Trinajstić information content (AvgIpc) is 3.08. The molecule has 6 heteroatoms. The second-order valence-corrected chi connectivity index (χ2v) is 6.02. The largest absolute Gasteiger partial charge is 0.477 e. The van der Waals surface area contributed by atoms with Gasteiger partial charge < -0.3 is 10.1 Å². The van der Waals surface area contributed by atoms with Crippen LogP contribution in [0.4, 0.5) is 5.00 Å². The third-order valence-corrected chi connectivity index (χ3v) is 4.76. The van der Waals surface area contributed by atoms with Gasteiger partial charge in [-0.15, -0.1) is 11.3 Å². The third kappa shape index (κ3) is 2.55. The number of anilines is 1. The van der Waals surface area contributed by atoms with Crippen molar-refractivity contribution in [3.05, 3.63) is 39.9 Å². The van der Waals surface area contributed by atoms with Crippen LogP contribution >= 0.6 is 11.3 Å². The highest BCUT2D eigenvalue weighted by Gasteiger charge is 2.24. The fourth-order valence-corrected chi connectivity index (χ4v) is 3.83. The number of hydrogen-bond donors (Lipinski definition) is 1. The minimum Gasteiger partial charge on any atom is -0.477 e. The Bertz CT molecular complexity index is 761. The molecule has 1 N–H and O–H groups in total. The van der Waals surface area contributed by atoms with E-state index in [9.17, 15) is 10.1 Å². The Morgan fingerprint density at radius 2 is 2.41 bits per heavy atom. The van der Waals surface area contributed by atoms with Crippen LogP contribution in [0.25, 0.3) is 0 Å². The Kier molecular flexibility index (Phi) is 4.07. The molecular formula is C16H15N3O2S. The van der Waals surface area contributed by atoms with Gasteiger partial charge in [-0.2, -0.15) is 5.26 Å². The Morgan fingerprint density at radius 1 is 1.55 bits per heavy atom. The van der Waals surface area contributed by atoms with Gasteiger partial charge in [0.1, 0.15) is 16.6 Å². The lowest BCUT2D eigenvalue weighted by atomic mass is 10.1. The zero-order chi connectivity index (χ0) is 15.5. The van der Waals surface area contributed by atoms with Gasteiger partial charge in [-0.05, 0) is 43.9 Å². The molecule has 0 radical (unpaired) electrons. The number of aromatic nitrogens is 1. The van der Waals surface area contributed by atoms with Gasteiger partial charge in [0, 0.05) is 11.1 Å². The number of rotatable bonds is 4. The maximum atomic E-state index is 12.5. The summed E-state index contributed by atoms with van der Waals surface area (Å²) < 4.78 is 5.38. The van der Waals surface area contributed by atoms with E-state index in [2.05, 4.69) is 16.4 Å². The molecule has 2 heterocycles. The number of amides is 1. The van der Waals surface area contributed by atoms with Crippen LogP contribution < -0.4 is 10.1 Å². The molecular weight excluding hydrogens is 298 g/mol. The molecule has 0 spiro atoms. The summed E-state index contributed by atoms with van der Waals surface area (Å²) in [7, 11) is 0. The van der Waals surface area contributed by atoms with Crippen LogP contribution in [0.1, 0.15) is 39.7 Å². The molecule has 112 valence electrons. The van der Waals surface area contributed by atoms with Crippen LogP contribution in [-0.4, -0.2) is 17.5 Å². The molecule has 1 amide bonds. The second kappa shape index (κ2) is 6.16. The van der Waals surface area contributed by atoms with Crippen LogP contribution in [0.2, 0.25) is 0 Å². The zero-order valence-electron chi connectivity index (χ0n) is 12.2. The van der Waals surface area contributed by atoms with Gasteiger partial charge in [0.2, 0.25) is 5.88 Å². The molecule has 0 saturated heterocycles. The number of carbonyl (C=O) groups excluding carboxylic acids is 1. The first kappa shape index (κ1) is 14.5. The molecule has 5 nitrogen and oxygen atoms in total. The molecule has 0 aliphatic heterocycles. The monoisotopic (exact) mass is 313 g/mol. The molecule has 0 fully saturated rings. The van der Waals surface area contributed by atoms with E-state index in [1.54, 1.807) is 18.3 Å². The van der Waals surface area contributed by atoms with Crippen molar-refractivity contribution in [2.24, 2.45) is 0 Å². The molecule has 0 unspecified atom stereocenters. The number of aryl methyl sites for hydroxylation is 1. The number of nitriles is 1. The van der Waals surface area contributed by atoms with Crippen molar-refractivity contribution in [2.75, 3.05) is 11.9 Å². The van der Waals surface area contributed by atoms with E-state index in [1.165, 1.54) is 16.2 Å². The van der Waals surface area contributed by atoms with E-state index in [0.29, 0.717) is 28.6 Å². The first-order valence-corrected chi connectivity index (χ1v) is 8.00. The van der Waals surface area contributed by atoms with Crippen LogP contribution in [-0.2, 0) is 12.8 Å². The van der Waals surface area contributed by atoms with Gasteiger partial charge in [-0.25, -0.2) is 4.98 Å². The molecule has 2 aromatic rings. The second-order valence-electron chi connectivity index (χ2n) is 4.92. The predicted octanol–water partition coefficient (Wildman–Crippen LogP) is 3.15. The summed E-state index contributed by atoms with van der Waals surface area (Å²) in [5.41, 5.74) is 2.08. The number of ether oxygens (including phenoxy) is 1. The molecule has 22 heavy (non-hydrogen) atoms. The number of pyridine rings is 1. The minimum absolute atomic E-state index is 0.298. The quantitative estimate of drug-likeness (QED) is 0.941. The highest BCUT2D eigenvalue weighted by atomic mass is 32.1. The third-order valence-electron chi connectivity index (χ3n) is 3.56. The highest BCUT2D eigenvalue weighted by molar-refractivity contribution is 7.16. The number of carbonyl (C=O) groups is 1. The Labute approximate surface area is 132 Å². The van der Waals surface area contributed by atoms with Gasteiger partial charge in [-0.1, -0.05) is 0 Å². The minimum atomic E-state index is -0.298. The van der Waals surface area contributed by atoms with Crippen molar-refractivity contribution in [3.63, 3.8) is 0 Å². The summed E-state index contributed by atoms with van der Waals surface area (Å²) in [6.07, 6.45) is 4.58. The fraction of sp³-hybridized carbons (Fsp3) is 0.312. The molecule has 0 atom stereocenters. The zero-order valence-corrected chi connectivity index (χ0v) is 13.0. The van der Waals surface area contributed by atoms with Gasteiger partial charge in [0.05, 0.1) is 12.2 Å². The first-order chi connectivity index (χ1) is 10.7. The Morgan fingerprint density at radius 3 is 3.18 bits per heavy atom. The molecule has 0 saturated carbocycles. The number of nitrogens with one attached hydrogen (secondary N) is 1. The SMILES string of the molecule is CCOc1ncccc1C(=O)Nc1sc2c(c1C#N)CCC2. The Balaban J connectivity index is 1.88. The topological polar surface area (TPSA) is 75.0 Å². The average molecular weight is 313 g/mol. The Hall–Kier alpha value is -2.39. The van der Waals surface area contributed by atoms with Crippen molar-refractivity contribution in [1.82, 2.24) is 4.98 Å². The molecule has 2 aromatic heterocycles. The number of nitrogens with zero attached hydrogens (tertiary/aromatic N) is 2. The summed E-state index contributed by atoms with van der Waals surface area (Å²) in [5.74, 6) is 0.0121. The summed E-state index contributed by atoms with van der Waals surface area (Å²) in [6.45, 7) is 2.28. The van der Waals surface area contributed by atoms with Crippen LogP contribution in [0, 0.1) is 11.3 Å². The maximum absolute atomic E-state index is 12.5. The summed E-state index contributed by atoms with van der Waals surface area (Å²) in [6, 6.07) is 5.58. The maximum Gasteiger partial charge on any atom is 0.261 e. The molecule has 1 aliphatic rings. The van der Waals surface area contributed by atoms with Crippen molar-refractivity contribution in [2.45, 2.75) is 26.2 Å². The lowest BCUT2D eigenvalue weighted by molar-refractivity contribution is 0.102. The summed E-state index contributed by atoms with van der Waals surface area (Å²) in [4.78, 5) is 17.8. The fourth-order valence-electron chi connectivity index (χ4n) is 2.60. The lowest BCUT2D eigenvalue weighted by Crippen LogP contribution is -2.14. The van der Waals surface area contributed by atoms with Gasteiger partial charge in [0.25, 0.3) is 5.91 Å². The van der Waals surface area contributed by atoms with Crippen molar-refractivity contribution >= 4 is 22.2 Å². The number of thiophene rings is 1. The van der Waals surface area contributed by atoms with Gasteiger partial charge >= 0.3 is 0 Å². The molecule has 1 aliphatic carbocycles. The summed E-state index contributed by atoms with van der Waals surface area (Å²) in [5, 5.41) is 12.8. The van der Waals surface area contributed by atoms with Gasteiger partial charge in [-0.3, -0.25) is 4.79 Å². The lowest BCUT2D eigenvalue weighted by Gasteiger charge is -2.08. The standard InChI is InChI=1S/C16H15N3O2S/c1-2-21-15-11(6-4-8-18-15)14(20)19-16-12(9-17)10-5-3-7-13(10)22-16/h4,6,8H,2-3,5,7H2,1H3,(H,19,20). The smallest absolute Gasteiger partial charge is 0.261 e. The van der Waals surface area contributed by atoms with Crippen molar-refractivity contribution in [3.8, 4) is 11.9 Å². The summed E-state index contributed by atoms with van der Waals surface area (Å²) >= 11 is 1.50. The van der Waals surface area contributed by atoms with E-state index in [-0.39, 0.29) is 5.91 Å². The number of fused-ring (bicyclic) bond motifs is 1.